The number of H-pyrrole nitrogens is 1. The lowest BCUT2D eigenvalue weighted by Crippen LogP contribution is -2.42. The number of imidazole rings is 1. The standard InChI is InChI=1S/C21H26FN5O.HI/c1-15(28-19-11-6-3-8-16(19)22)14-25-21(23-2)24-13-7-12-20-26-17-9-4-5-10-18(17)27-20;/h3-6,8-11,15H,7,12-14H2,1-2H3,(H,26,27)(H2,23,24,25);1H. The van der Waals surface area contributed by atoms with Gasteiger partial charge in [-0.25, -0.2) is 9.37 Å². The molecule has 0 spiro atoms. The monoisotopic (exact) mass is 511 g/mol. The lowest BCUT2D eigenvalue weighted by atomic mass is 10.3. The molecule has 0 bridgehead atoms. The van der Waals surface area contributed by atoms with Crippen LogP contribution in [-0.2, 0) is 6.42 Å². The Balaban J connectivity index is 0.00000300. The van der Waals surface area contributed by atoms with E-state index in [0.29, 0.717) is 12.5 Å². The fourth-order valence-corrected chi connectivity index (χ4v) is 2.85. The number of nitrogens with one attached hydrogen (secondary N) is 3. The summed E-state index contributed by atoms with van der Waals surface area (Å²) < 4.78 is 19.3. The molecular formula is C21H27FIN5O. The number of rotatable bonds is 8. The minimum absolute atomic E-state index is 0. The van der Waals surface area contributed by atoms with Crippen LogP contribution in [0.15, 0.2) is 53.5 Å². The fourth-order valence-electron chi connectivity index (χ4n) is 2.85. The number of hydrogen-bond acceptors (Lipinski definition) is 3. The van der Waals surface area contributed by atoms with Gasteiger partial charge in [-0.1, -0.05) is 24.3 Å². The molecule has 29 heavy (non-hydrogen) atoms. The summed E-state index contributed by atoms with van der Waals surface area (Å²) in [6, 6.07) is 14.4. The van der Waals surface area contributed by atoms with Gasteiger partial charge in [0.25, 0.3) is 0 Å². The molecule has 1 atom stereocenters. The van der Waals surface area contributed by atoms with Crippen molar-refractivity contribution in [2.24, 2.45) is 4.99 Å². The number of ether oxygens (including phenoxy) is 1. The van der Waals surface area contributed by atoms with E-state index in [1.165, 1.54) is 6.07 Å². The third kappa shape index (κ3) is 6.88. The van der Waals surface area contributed by atoms with Crippen molar-refractivity contribution in [3.05, 3.63) is 60.2 Å². The van der Waals surface area contributed by atoms with Crippen LogP contribution in [0.2, 0.25) is 0 Å². The average molecular weight is 511 g/mol. The van der Waals surface area contributed by atoms with Crippen molar-refractivity contribution in [3.8, 4) is 5.75 Å². The number of fused-ring (bicyclic) bond motifs is 1. The first-order valence-corrected chi connectivity index (χ1v) is 9.45. The van der Waals surface area contributed by atoms with E-state index in [0.717, 1.165) is 36.2 Å². The number of guanidine groups is 1. The topological polar surface area (TPSA) is 74.3 Å². The molecule has 0 saturated heterocycles. The SMILES string of the molecule is CN=C(NCCCc1nc2ccccc2[nH]1)NCC(C)Oc1ccccc1F.I. The molecule has 0 fully saturated rings. The molecule has 0 radical (unpaired) electrons. The summed E-state index contributed by atoms with van der Waals surface area (Å²) in [6.07, 6.45) is 1.57. The van der Waals surface area contributed by atoms with E-state index in [-0.39, 0.29) is 41.6 Å². The molecule has 156 valence electrons. The Hall–Kier alpha value is -2.36. The van der Waals surface area contributed by atoms with Crippen LogP contribution >= 0.6 is 24.0 Å². The average Bonchev–Trinajstić information content (AvgIpc) is 3.12. The van der Waals surface area contributed by atoms with Crippen LogP contribution in [0.5, 0.6) is 5.75 Å². The van der Waals surface area contributed by atoms with Crippen molar-refractivity contribution in [1.29, 1.82) is 0 Å². The second-order valence-electron chi connectivity index (χ2n) is 6.54. The molecule has 8 heteroatoms. The zero-order valence-corrected chi connectivity index (χ0v) is 18.9. The minimum Gasteiger partial charge on any atom is -0.486 e. The van der Waals surface area contributed by atoms with Crippen LogP contribution in [0.1, 0.15) is 19.2 Å². The Kier molecular flexibility index (Phi) is 9.17. The summed E-state index contributed by atoms with van der Waals surface area (Å²) in [5.41, 5.74) is 2.05. The molecule has 2 aromatic carbocycles. The summed E-state index contributed by atoms with van der Waals surface area (Å²) in [6.45, 7) is 3.16. The minimum atomic E-state index is -0.359. The van der Waals surface area contributed by atoms with Gasteiger partial charge in [0.1, 0.15) is 11.9 Å². The van der Waals surface area contributed by atoms with E-state index in [1.807, 2.05) is 31.2 Å². The van der Waals surface area contributed by atoms with Gasteiger partial charge in [-0.3, -0.25) is 4.99 Å². The first-order chi connectivity index (χ1) is 13.7. The Morgan fingerprint density at radius 2 is 1.93 bits per heavy atom. The van der Waals surface area contributed by atoms with E-state index in [4.69, 9.17) is 4.74 Å². The Bertz CT molecular complexity index is 897. The largest absolute Gasteiger partial charge is 0.486 e. The third-order valence-corrected chi connectivity index (χ3v) is 4.27. The maximum absolute atomic E-state index is 13.6. The van der Waals surface area contributed by atoms with E-state index in [1.54, 1.807) is 25.2 Å². The number of benzene rings is 2. The van der Waals surface area contributed by atoms with Crippen molar-refractivity contribution in [3.63, 3.8) is 0 Å². The lowest BCUT2D eigenvalue weighted by molar-refractivity contribution is 0.214. The van der Waals surface area contributed by atoms with Crippen LogP contribution in [0.3, 0.4) is 0 Å². The van der Waals surface area contributed by atoms with Crippen molar-refractivity contribution in [2.45, 2.75) is 25.9 Å². The molecule has 1 unspecified atom stereocenters. The first kappa shape index (κ1) is 22.9. The summed E-state index contributed by atoms with van der Waals surface area (Å²) in [7, 11) is 1.72. The molecule has 3 rings (SSSR count). The van der Waals surface area contributed by atoms with Crippen LogP contribution in [0.25, 0.3) is 11.0 Å². The molecule has 1 heterocycles. The lowest BCUT2D eigenvalue weighted by Gasteiger charge is -2.18. The second kappa shape index (κ2) is 11.6. The molecule has 0 saturated carbocycles. The van der Waals surface area contributed by atoms with E-state index < -0.39 is 0 Å². The zero-order chi connectivity index (χ0) is 19.8. The van der Waals surface area contributed by atoms with E-state index in [9.17, 15) is 4.39 Å². The Labute approximate surface area is 187 Å². The number of hydrogen-bond donors (Lipinski definition) is 3. The second-order valence-corrected chi connectivity index (χ2v) is 6.54. The normalized spacial score (nSPS) is 12.3. The number of nitrogens with zero attached hydrogens (tertiary/aromatic N) is 2. The number of halogens is 2. The molecule has 3 N–H and O–H groups in total. The van der Waals surface area contributed by atoms with Gasteiger partial charge in [-0.2, -0.15) is 0 Å². The van der Waals surface area contributed by atoms with Gasteiger partial charge in [-0.15, -0.1) is 24.0 Å². The quantitative estimate of drug-likeness (QED) is 0.186. The van der Waals surface area contributed by atoms with Crippen molar-refractivity contribution >= 4 is 41.0 Å². The molecule has 6 nitrogen and oxygen atoms in total. The van der Waals surface area contributed by atoms with E-state index >= 15 is 0 Å². The van der Waals surface area contributed by atoms with Gasteiger partial charge in [0, 0.05) is 20.0 Å². The summed E-state index contributed by atoms with van der Waals surface area (Å²) in [4.78, 5) is 12.1. The highest BCUT2D eigenvalue weighted by atomic mass is 127. The molecule has 0 amide bonds. The maximum atomic E-state index is 13.6. The highest BCUT2D eigenvalue weighted by Gasteiger charge is 2.09. The summed E-state index contributed by atoms with van der Waals surface area (Å²) >= 11 is 0. The first-order valence-electron chi connectivity index (χ1n) is 9.45. The highest BCUT2D eigenvalue weighted by Crippen LogP contribution is 2.16. The molecule has 0 aliphatic carbocycles. The Morgan fingerprint density at radius 1 is 1.17 bits per heavy atom. The van der Waals surface area contributed by atoms with Crippen molar-refractivity contribution in [1.82, 2.24) is 20.6 Å². The number of aromatic nitrogens is 2. The highest BCUT2D eigenvalue weighted by molar-refractivity contribution is 14.0. The van der Waals surface area contributed by atoms with E-state index in [2.05, 4.69) is 25.6 Å². The van der Waals surface area contributed by atoms with Crippen LogP contribution < -0.4 is 15.4 Å². The van der Waals surface area contributed by atoms with Gasteiger partial charge in [0.15, 0.2) is 17.5 Å². The maximum Gasteiger partial charge on any atom is 0.191 e. The summed E-state index contributed by atoms with van der Waals surface area (Å²) in [5, 5.41) is 6.47. The zero-order valence-electron chi connectivity index (χ0n) is 16.6. The number of para-hydroxylation sites is 3. The molecule has 3 aromatic rings. The van der Waals surface area contributed by atoms with Gasteiger partial charge in [0.05, 0.1) is 17.6 Å². The molecule has 0 aliphatic heterocycles. The van der Waals surface area contributed by atoms with Crippen LogP contribution in [-0.4, -0.2) is 42.2 Å². The number of aromatic amines is 1. The summed E-state index contributed by atoms with van der Waals surface area (Å²) in [5.74, 6) is 1.57. The van der Waals surface area contributed by atoms with Crippen LogP contribution in [0, 0.1) is 5.82 Å². The third-order valence-electron chi connectivity index (χ3n) is 4.27. The van der Waals surface area contributed by atoms with Gasteiger partial charge in [-0.05, 0) is 37.6 Å². The fraction of sp³-hybridized carbons (Fsp3) is 0.333. The number of aliphatic imine (C=N–C) groups is 1. The Morgan fingerprint density at radius 3 is 2.69 bits per heavy atom. The molecule has 1 aromatic heterocycles. The van der Waals surface area contributed by atoms with Crippen molar-refractivity contribution in [2.75, 3.05) is 20.1 Å². The predicted molar refractivity (Wildman–Crippen MR) is 126 cm³/mol. The number of aryl methyl sites for hydroxylation is 1. The van der Waals surface area contributed by atoms with Gasteiger partial charge < -0.3 is 20.4 Å². The smallest absolute Gasteiger partial charge is 0.191 e. The van der Waals surface area contributed by atoms with Crippen LogP contribution in [0.4, 0.5) is 4.39 Å². The molecule has 0 aliphatic rings. The predicted octanol–water partition coefficient (Wildman–Crippen LogP) is 3.89. The molecular weight excluding hydrogens is 484 g/mol. The van der Waals surface area contributed by atoms with Gasteiger partial charge in [0.2, 0.25) is 0 Å². The van der Waals surface area contributed by atoms with Gasteiger partial charge >= 0.3 is 0 Å². The van der Waals surface area contributed by atoms with Crippen molar-refractivity contribution < 1.29 is 9.13 Å².